The molecule has 4 heterocycles. The summed E-state index contributed by atoms with van der Waals surface area (Å²) in [6, 6.07) is 15.9. The van der Waals surface area contributed by atoms with Crippen LogP contribution in [0.3, 0.4) is 0 Å². The minimum Gasteiger partial charge on any atom is -0.338 e. The number of carbonyl (C=O) groups is 3. The maximum atomic E-state index is 14.6. The Bertz CT molecular complexity index is 1620. The summed E-state index contributed by atoms with van der Waals surface area (Å²) < 4.78 is 13.7. The number of halogens is 2. The number of nitrogens with zero attached hydrogens (tertiary/aromatic N) is 2. The predicted molar refractivity (Wildman–Crippen MR) is 169 cm³/mol. The molecule has 6 rings (SSSR count). The summed E-state index contributed by atoms with van der Waals surface area (Å²) in [6.45, 7) is 4.23. The van der Waals surface area contributed by atoms with E-state index in [0.29, 0.717) is 42.5 Å². The largest absolute Gasteiger partial charge is 0.338 e. The number of hydrogen-bond acceptors (Lipinski definition) is 6. The molecule has 0 bridgehead atoms. The Labute approximate surface area is 262 Å². The lowest BCUT2D eigenvalue weighted by atomic mass is 9.79. The highest BCUT2D eigenvalue weighted by atomic mass is 35.5. The van der Waals surface area contributed by atoms with Crippen molar-refractivity contribution in [1.29, 1.82) is 0 Å². The minimum absolute atomic E-state index is 0.186. The van der Waals surface area contributed by atoms with Gasteiger partial charge in [0.1, 0.15) is 11.9 Å². The van der Waals surface area contributed by atoms with Crippen molar-refractivity contribution >= 4 is 57.7 Å². The van der Waals surface area contributed by atoms with Crippen LogP contribution in [0, 0.1) is 18.7 Å². The molecule has 4 atom stereocenters. The van der Waals surface area contributed by atoms with E-state index in [9.17, 15) is 18.8 Å². The van der Waals surface area contributed by atoms with Crippen LogP contribution >= 0.6 is 34.3 Å². The van der Waals surface area contributed by atoms with Crippen LogP contribution in [0.25, 0.3) is 0 Å². The van der Waals surface area contributed by atoms with Gasteiger partial charge >= 0.3 is 6.03 Å². The molecule has 222 valence electrons. The van der Waals surface area contributed by atoms with Gasteiger partial charge in [-0.1, -0.05) is 29.8 Å². The number of Topliss-reactive ketones (excluding diaryl/α,β-unsaturated/α-hetero) is 1. The lowest BCUT2D eigenvalue weighted by Gasteiger charge is -2.36. The monoisotopic (exact) mass is 636 g/mol. The van der Waals surface area contributed by atoms with E-state index in [0.717, 1.165) is 15.3 Å². The van der Waals surface area contributed by atoms with E-state index in [1.54, 1.807) is 34.1 Å². The number of piperazine rings is 1. The molecule has 2 saturated heterocycles. The Morgan fingerprint density at radius 3 is 2.40 bits per heavy atom. The Morgan fingerprint density at radius 1 is 0.977 bits per heavy atom. The average molecular weight is 637 g/mol. The number of aryl methyl sites for hydroxylation is 1. The molecule has 2 N–H and O–H groups in total. The summed E-state index contributed by atoms with van der Waals surface area (Å²) in [4.78, 5) is 48.7. The summed E-state index contributed by atoms with van der Waals surface area (Å²) >= 11 is 9.27. The number of amides is 3. The maximum absolute atomic E-state index is 14.6. The fourth-order valence-electron chi connectivity index (χ4n) is 6.16. The molecule has 7 nitrogen and oxygen atoms in total. The maximum Gasteiger partial charge on any atom is 0.323 e. The van der Waals surface area contributed by atoms with Gasteiger partial charge in [-0.05, 0) is 71.8 Å². The summed E-state index contributed by atoms with van der Waals surface area (Å²) in [6.07, 6.45) is 0. The third-order valence-electron chi connectivity index (χ3n) is 8.13. The van der Waals surface area contributed by atoms with Crippen molar-refractivity contribution in [3.05, 3.63) is 109 Å². The number of ketones is 1. The molecular formula is C32H30ClFN4O3S2. The molecule has 43 heavy (non-hydrogen) atoms. The van der Waals surface area contributed by atoms with Crippen LogP contribution in [0.2, 0.25) is 5.02 Å². The van der Waals surface area contributed by atoms with Gasteiger partial charge in [-0.15, -0.1) is 22.7 Å². The molecule has 0 radical (unpaired) electrons. The SMILES string of the molecule is Cc1ccsc1C1C(C(=O)c2cccc(Cl)c2)C(c2cccs2)C(C(=O)N2CCNCC2)N1C(=O)Nc1ccc(F)cc1. The van der Waals surface area contributed by atoms with Crippen molar-refractivity contribution in [2.75, 3.05) is 31.5 Å². The van der Waals surface area contributed by atoms with Gasteiger partial charge in [-0.2, -0.15) is 0 Å². The van der Waals surface area contributed by atoms with Gasteiger partial charge < -0.3 is 20.4 Å². The molecule has 0 aliphatic carbocycles. The van der Waals surface area contributed by atoms with Crippen LogP contribution in [0.1, 0.15) is 37.6 Å². The fourth-order valence-corrected chi connectivity index (χ4v) is 8.33. The number of carbonyl (C=O) groups excluding carboxylic acids is 3. The molecule has 4 unspecified atom stereocenters. The van der Waals surface area contributed by atoms with Crippen LogP contribution in [-0.4, -0.2) is 59.7 Å². The van der Waals surface area contributed by atoms with Gasteiger partial charge in [0, 0.05) is 58.1 Å². The van der Waals surface area contributed by atoms with E-state index in [2.05, 4.69) is 10.6 Å². The molecule has 11 heteroatoms. The number of anilines is 1. The molecule has 2 aromatic carbocycles. The smallest absolute Gasteiger partial charge is 0.323 e. The van der Waals surface area contributed by atoms with Crippen molar-refractivity contribution < 1.29 is 18.8 Å². The summed E-state index contributed by atoms with van der Waals surface area (Å²) in [5, 5.41) is 10.5. The normalized spacial score (nSPS) is 22.0. The summed E-state index contributed by atoms with van der Waals surface area (Å²) in [7, 11) is 0. The van der Waals surface area contributed by atoms with E-state index >= 15 is 0 Å². The molecule has 0 spiro atoms. The lowest BCUT2D eigenvalue weighted by molar-refractivity contribution is -0.136. The van der Waals surface area contributed by atoms with Gasteiger partial charge in [-0.3, -0.25) is 9.59 Å². The molecule has 0 saturated carbocycles. The first-order valence-electron chi connectivity index (χ1n) is 14.0. The lowest BCUT2D eigenvalue weighted by Crippen LogP contribution is -2.55. The van der Waals surface area contributed by atoms with Crippen LogP contribution in [-0.2, 0) is 4.79 Å². The fraction of sp³-hybridized carbons (Fsp3) is 0.281. The molecule has 2 aromatic heterocycles. The first kappa shape index (κ1) is 29.5. The standard InChI is InChI=1S/C32H30ClFN4O3S2/c1-19-11-17-43-30(19)27-26(29(39)20-4-2-5-21(33)18-20)25(24-6-3-16-42-24)28(31(40)37-14-12-35-13-15-37)38(27)32(41)36-23-9-7-22(34)8-10-23/h2-11,16-18,25-28,35H,12-15H2,1H3,(H,36,41). The number of nitrogens with one attached hydrogen (secondary N) is 2. The molecule has 2 aliphatic rings. The van der Waals surface area contributed by atoms with E-state index in [-0.39, 0.29) is 11.7 Å². The van der Waals surface area contributed by atoms with Gasteiger partial charge in [0.2, 0.25) is 5.91 Å². The van der Waals surface area contributed by atoms with Crippen LogP contribution < -0.4 is 10.6 Å². The molecule has 3 amide bonds. The van der Waals surface area contributed by atoms with E-state index < -0.39 is 35.8 Å². The topological polar surface area (TPSA) is 81.8 Å². The van der Waals surface area contributed by atoms with Crippen LogP contribution in [0.4, 0.5) is 14.9 Å². The van der Waals surface area contributed by atoms with E-state index in [4.69, 9.17) is 11.6 Å². The van der Waals surface area contributed by atoms with Gasteiger partial charge in [-0.25, -0.2) is 9.18 Å². The van der Waals surface area contributed by atoms with E-state index in [1.807, 2.05) is 35.9 Å². The highest BCUT2D eigenvalue weighted by Crippen LogP contribution is 2.54. The first-order valence-corrected chi connectivity index (χ1v) is 16.2. The van der Waals surface area contributed by atoms with Gasteiger partial charge in [0.25, 0.3) is 0 Å². The number of hydrogen-bond donors (Lipinski definition) is 2. The van der Waals surface area contributed by atoms with Crippen molar-refractivity contribution in [2.24, 2.45) is 5.92 Å². The Morgan fingerprint density at radius 2 is 1.74 bits per heavy atom. The first-order chi connectivity index (χ1) is 20.8. The summed E-state index contributed by atoms with van der Waals surface area (Å²) in [5.74, 6) is -2.20. The van der Waals surface area contributed by atoms with Crippen molar-refractivity contribution in [2.45, 2.75) is 24.9 Å². The second kappa shape index (κ2) is 12.6. The van der Waals surface area contributed by atoms with Gasteiger partial charge in [0.15, 0.2) is 5.78 Å². The predicted octanol–water partition coefficient (Wildman–Crippen LogP) is 6.58. The number of urea groups is 1. The van der Waals surface area contributed by atoms with Gasteiger partial charge in [0.05, 0.1) is 12.0 Å². The van der Waals surface area contributed by atoms with Crippen molar-refractivity contribution in [3.63, 3.8) is 0 Å². The molecule has 4 aromatic rings. The third kappa shape index (κ3) is 5.84. The number of likely N-dealkylation sites (tertiary alicyclic amines) is 1. The molecule has 2 aliphatic heterocycles. The average Bonchev–Trinajstić information content (AvgIpc) is 3.77. The number of benzene rings is 2. The molecule has 2 fully saturated rings. The Hall–Kier alpha value is -3.57. The van der Waals surface area contributed by atoms with E-state index in [1.165, 1.54) is 46.9 Å². The Balaban J connectivity index is 1.54. The number of rotatable bonds is 6. The second-order valence-electron chi connectivity index (χ2n) is 10.7. The zero-order valence-corrected chi connectivity index (χ0v) is 25.7. The summed E-state index contributed by atoms with van der Waals surface area (Å²) in [5.41, 5.74) is 1.74. The second-order valence-corrected chi connectivity index (χ2v) is 13.1. The zero-order valence-electron chi connectivity index (χ0n) is 23.3. The molecular weight excluding hydrogens is 607 g/mol. The minimum atomic E-state index is -0.961. The van der Waals surface area contributed by atoms with Crippen molar-refractivity contribution in [1.82, 2.24) is 15.1 Å². The zero-order chi connectivity index (χ0) is 30.1. The van der Waals surface area contributed by atoms with Crippen molar-refractivity contribution in [3.8, 4) is 0 Å². The highest BCUT2D eigenvalue weighted by molar-refractivity contribution is 7.10. The Kier molecular flexibility index (Phi) is 8.63. The number of thiophene rings is 2. The highest BCUT2D eigenvalue weighted by Gasteiger charge is 2.59. The third-order valence-corrected chi connectivity index (χ3v) is 10.4. The van der Waals surface area contributed by atoms with Crippen LogP contribution in [0.5, 0.6) is 0 Å². The van der Waals surface area contributed by atoms with Crippen LogP contribution in [0.15, 0.2) is 77.5 Å². The quantitative estimate of drug-likeness (QED) is 0.234.